The summed E-state index contributed by atoms with van der Waals surface area (Å²) in [5.74, 6) is 0.757. The molecule has 1 saturated heterocycles. The van der Waals surface area contributed by atoms with Crippen LogP contribution in [0.5, 0.6) is 5.75 Å². The molecule has 12 heteroatoms. The second-order valence-electron chi connectivity index (χ2n) is 9.35. The Labute approximate surface area is 232 Å². The fourth-order valence-corrected chi connectivity index (χ4v) is 4.01. The van der Waals surface area contributed by atoms with Gasteiger partial charge in [0.1, 0.15) is 5.75 Å². The number of allylic oxidation sites excluding steroid dienone is 1. The zero-order valence-corrected chi connectivity index (χ0v) is 22.7. The standard InChI is InChI=1S/C28H36F3N7O2/c1-4-33-26(17-20(2)34-12-11-32)40-24-9-7-22(8-10-24)35-27(39)36-23-6-5-21(25(18-23)28(29,30)31)19-38-15-13-37(3)14-16-38/h4-10,17-18,34H,1,11-16,19,32H2,2-3H3,(H2,35,36,39)/b20-17+,33-26?. The van der Waals surface area contributed by atoms with E-state index in [0.717, 1.165) is 24.9 Å². The number of halogens is 3. The summed E-state index contributed by atoms with van der Waals surface area (Å²) in [5, 5.41) is 8.21. The molecule has 0 unspecified atom stereocenters. The fourth-order valence-electron chi connectivity index (χ4n) is 4.01. The van der Waals surface area contributed by atoms with Crippen LogP contribution in [0.2, 0.25) is 0 Å². The number of hydrogen-bond acceptors (Lipinski definition) is 7. The number of benzene rings is 2. The number of aliphatic imine (C=N–C) groups is 1. The van der Waals surface area contributed by atoms with E-state index in [0.29, 0.717) is 43.5 Å². The molecule has 0 bridgehead atoms. The van der Waals surface area contributed by atoms with Crippen LogP contribution in [0.4, 0.5) is 29.3 Å². The largest absolute Gasteiger partial charge is 0.439 e. The maximum absolute atomic E-state index is 13.8. The zero-order valence-electron chi connectivity index (χ0n) is 22.7. The van der Waals surface area contributed by atoms with Gasteiger partial charge in [0.25, 0.3) is 0 Å². The second kappa shape index (κ2) is 14.5. The van der Waals surface area contributed by atoms with Crippen molar-refractivity contribution in [2.24, 2.45) is 10.7 Å². The number of carbonyl (C=O) groups excluding carboxylic acids is 1. The first-order valence-electron chi connectivity index (χ1n) is 12.8. The van der Waals surface area contributed by atoms with Gasteiger partial charge in [0.05, 0.1) is 5.56 Å². The molecule has 0 atom stereocenters. The molecular formula is C28H36F3N7O2. The zero-order chi connectivity index (χ0) is 29.1. The molecule has 0 saturated carbocycles. The van der Waals surface area contributed by atoms with Gasteiger partial charge in [-0.2, -0.15) is 13.2 Å². The molecular weight excluding hydrogens is 523 g/mol. The summed E-state index contributed by atoms with van der Waals surface area (Å²) in [6, 6.07) is 9.66. The molecule has 2 aromatic carbocycles. The summed E-state index contributed by atoms with van der Waals surface area (Å²) in [6.45, 7) is 9.73. The third-order valence-electron chi connectivity index (χ3n) is 6.10. The molecule has 0 radical (unpaired) electrons. The van der Waals surface area contributed by atoms with E-state index in [9.17, 15) is 18.0 Å². The third-order valence-corrected chi connectivity index (χ3v) is 6.10. The van der Waals surface area contributed by atoms with Crippen LogP contribution in [0.25, 0.3) is 0 Å². The molecule has 1 aliphatic heterocycles. The van der Waals surface area contributed by atoms with Crippen LogP contribution in [0, 0.1) is 0 Å². The van der Waals surface area contributed by atoms with Crippen molar-refractivity contribution in [2.45, 2.75) is 19.6 Å². The van der Waals surface area contributed by atoms with Crippen LogP contribution in [0.15, 0.2) is 72.0 Å². The molecule has 9 nitrogen and oxygen atoms in total. The molecule has 0 aliphatic carbocycles. The monoisotopic (exact) mass is 559 g/mol. The molecule has 0 aromatic heterocycles. The average molecular weight is 560 g/mol. The second-order valence-corrected chi connectivity index (χ2v) is 9.35. The number of ether oxygens (including phenoxy) is 1. The number of nitrogens with one attached hydrogen (secondary N) is 3. The Hall–Kier alpha value is -3.87. The van der Waals surface area contributed by atoms with Gasteiger partial charge in [-0.3, -0.25) is 4.90 Å². The molecule has 2 amide bonds. The van der Waals surface area contributed by atoms with Crippen molar-refractivity contribution in [3.8, 4) is 5.75 Å². The predicted octanol–water partition coefficient (Wildman–Crippen LogP) is 4.47. The van der Waals surface area contributed by atoms with E-state index in [-0.39, 0.29) is 17.8 Å². The Balaban J connectivity index is 1.62. The summed E-state index contributed by atoms with van der Waals surface area (Å²) in [7, 11) is 1.99. The summed E-state index contributed by atoms with van der Waals surface area (Å²) < 4.78 is 47.3. The Morgan fingerprint density at radius 1 is 1.10 bits per heavy atom. The number of piperazine rings is 1. The number of rotatable bonds is 10. The van der Waals surface area contributed by atoms with Crippen molar-refractivity contribution >= 4 is 23.3 Å². The Bertz CT molecular complexity index is 1210. The molecule has 1 fully saturated rings. The van der Waals surface area contributed by atoms with Gasteiger partial charge in [-0.25, -0.2) is 9.79 Å². The molecule has 0 spiro atoms. The summed E-state index contributed by atoms with van der Waals surface area (Å²) in [5.41, 5.74) is 6.19. The summed E-state index contributed by atoms with van der Waals surface area (Å²) in [4.78, 5) is 20.8. The van der Waals surface area contributed by atoms with E-state index in [1.807, 2.05) is 18.9 Å². The number of nitrogens with zero attached hydrogens (tertiary/aromatic N) is 3. The smallest absolute Gasteiger partial charge is 0.416 e. The number of likely N-dealkylation sites (N-methyl/N-ethyl adjacent to an activating group) is 1. The maximum Gasteiger partial charge on any atom is 0.416 e. The number of urea groups is 1. The van der Waals surface area contributed by atoms with Crippen LogP contribution < -0.4 is 26.4 Å². The van der Waals surface area contributed by atoms with E-state index >= 15 is 0 Å². The van der Waals surface area contributed by atoms with Gasteiger partial charge in [-0.15, -0.1) is 0 Å². The van der Waals surface area contributed by atoms with E-state index < -0.39 is 17.8 Å². The van der Waals surface area contributed by atoms with Crippen molar-refractivity contribution in [3.63, 3.8) is 0 Å². The number of nitrogens with two attached hydrogens (primary N) is 1. The lowest BCUT2D eigenvalue weighted by atomic mass is 10.0. The topological polar surface area (TPSA) is 107 Å². The normalized spacial score (nSPS) is 15.4. The number of hydrogen-bond donors (Lipinski definition) is 4. The van der Waals surface area contributed by atoms with E-state index in [1.165, 1.54) is 18.3 Å². The lowest BCUT2D eigenvalue weighted by molar-refractivity contribution is -0.138. The highest BCUT2D eigenvalue weighted by Crippen LogP contribution is 2.34. The lowest BCUT2D eigenvalue weighted by Crippen LogP contribution is -2.44. The van der Waals surface area contributed by atoms with Crippen molar-refractivity contribution in [3.05, 3.63) is 78.1 Å². The highest BCUT2D eigenvalue weighted by atomic mass is 19.4. The van der Waals surface area contributed by atoms with Gasteiger partial charge >= 0.3 is 12.2 Å². The quantitative estimate of drug-likeness (QED) is 0.253. The van der Waals surface area contributed by atoms with Crippen LogP contribution in [-0.4, -0.2) is 68.0 Å². The molecule has 1 aliphatic rings. The van der Waals surface area contributed by atoms with Gasteiger partial charge in [0, 0.05) is 75.2 Å². The number of anilines is 2. The summed E-state index contributed by atoms with van der Waals surface area (Å²) in [6.07, 6.45) is -1.50. The first-order valence-corrected chi connectivity index (χ1v) is 12.8. The van der Waals surface area contributed by atoms with Gasteiger partial charge in [0.2, 0.25) is 5.90 Å². The van der Waals surface area contributed by atoms with Crippen molar-refractivity contribution in [1.82, 2.24) is 15.1 Å². The Kier molecular flexibility index (Phi) is 11.1. The number of carbonyl (C=O) groups is 1. The minimum Gasteiger partial charge on any atom is -0.439 e. The van der Waals surface area contributed by atoms with Crippen LogP contribution in [-0.2, 0) is 12.7 Å². The molecule has 216 valence electrons. The van der Waals surface area contributed by atoms with Crippen LogP contribution in [0.3, 0.4) is 0 Å². The van der Waals surface area contributed by atoms with Crippen molar-refractivity contribution in [1.29, 1.82) is 0 Å². The number of alkyl halides is 3. The molecule has 3 rings (SSSR count). The minimum absolute atomic E-state index is 0.0441. The summed E-state index contributed by atoms with van der Waals surface area (Å²) >= 11 is 0. The van der Waals surface area contributed by atoms with Gasteiger partial charge < -0.3 is 31.3 Å². The minimum atomic E-state index is -4.55. The maximum atomic E-state index is 13.8. The van der Waals surface area contributed by atoms with Gasteiger partial charge in [0.15, 0.2) is 0 Å². The average Bonchev–Trinajstić information content (AvgIpc) is 2.90. The Morgan fingerprint density at radius 3 is 2.38 bits per heavy atom. The first kappa shape index (κ1) is 30.7. The highest BCUT2D eigenvalue weighted by molar-refractivity contribution is 6.00. The Morgan fingerprint density at radius 2 is 1.75 bits per heavy atom. The van der Waals surface area contributed by atoms with Crippen LogP contribution >= 0.6 is 0 Å². The SMILES string of the molecule is C=CN=C(/C=C(\C)NCCN)Oc1ccc(NC(=O)Nc2ccc(CN3CCN(C)CC3)c(C(F)(F)F)c2)cc1. The van der Waals surface area contributed by atoms with Crippen molar-refractivity contribution in [2.75, 3.05) is 56.9 Å². The van der Waals surface area contributed by atoms with E-state index in [2.05, 4.69) is 32.4 Å². The van der Waals surface area contributed by atoms with Crippen molar-refractivity contribution < 1.29 is 22.7 Å². The predicted molar refractivity (Wildman–Crippen MR) is 152 cm³/mol. The molecule has 40 heavy (non-hydrogen) atoms. The van der Waals surface area contributed by atoms with Gasteiger partial charge in [-0.05, 0) is 55.9 Å². The molecule has 2 aromatic rings. The lowest BCUT2D eigenvalue weighted by Gasteiger charge is -2.33. The molecule has 1 heterocycles. The fraction of sp³-hybridized carbons (Fsp3) is 0.357. The van der Waals surface area contributed by atoms with E-state index in [1.54, 1.807) is 30.3 Å². The van der Waals surface area contributed by atoms with E-state index in [4.69, 9.17) is 10.5 Å². The molecule has 5 N–H and O–H groups in total. The van der Waals surface area contributed by atoms with Crippen LogP contribution in [0.1, 0.15) is 18.1 Å². The third kappa shape index (κ3) is 9.70. The number of amides is 2. The van der Waals surface area contributed by atoms with Gasteiger partial charge in [-0.1, -0.05) is 12.6 Å². The first-order chi connectivity index (χ1) is 19.1. The highest BCUT2D eigenvalue weighted by Gasteiger charge is 2.34.